The Morgan fingerprint density at radius 2 is 1.57 bits per heavy atom. The molecule has 0 heterocycles. The van der Waals surface area contributed by atoms with Gasteiger partial charge in [0, 0.05) is 5.56 Å². The standard InChI is InChI=1S/C16H23O6P/c1-5-20-16(17)15(23(18,21-6-2)22-7-3)14(19-4)13-11-9-8-10-12-13/h8-12H,5-7H2,1-4H3/b15-14+. The van der Waals surface area contributed by atoms with E-state index in [0.29, 0.717) is 5.56 Å². The Balaban J connectivity index is 3.57. The molecule has 7 heteroatoms. The molecule has 0 spiro atoms. The first-order chi connectivity index (χ1) is 11.0. The highest BCUT2D eigenvalue weighted by atomic mass is 31.2. The van der Waals surface area contributed by atoms with Gasteiger partial charge in [0.15, 0.2) is 5.31 Å². The Morgan fingerprint density at radius 1 is 1.00 bits per heavy atom. The molecule has 6 nitrogen and oxygen atoms in total. The predicted octanol–water partition coefficient (Wildman–Crippen LogP) is 3.83. The molecule has 0 N–H and O–H groups in total. The molecule has 0 aliphatic carbocycles. The van der Waals surface area contributed by atoms with Crippen LogP contribution in [0.25, 0.3) is 5.76 Å². The van der Waals surface area contributed by atoms with Crippen molar-refractivity contribution in [1.82, 2.24) is 0 Å². The molecule has 1 aromatic carbocycles. The van der Waals surface area contributed by atoms with Crippen LogP contribution in [0, 0.1) is 0 Å². The molecule has 0 saturated heterocycles. The van der Waals surface area contributed by atoms with Crippen molar-refractivity contribution in [2.75, 3.05) is 26.9 Å². The van der Waals surface area contributed by atoms with Crippen LogP contribution < -0.4 is 0 Å². The number of carbonyl (C=O) groups excluding carboxylic acids is 1. The Kier molecular flexibility index (Phi) is 8.03. The Morgan fingerprint density at radius 3 is 2.00 bits per heavy atom. The van der Waals surface area contributed by atoms with E-state index >= 15 is 0 Å². The molecule has 1 rings (SSSR count). The van der Waals surface area contributed by atoms with Crippen LogP contribution in [-0.2, 0) is 27.9 Å². The van der Waals surface area contributed by atoms with Crippen molar-refractivity contribution in [1.29, 1.82) is 0 Å². The summed E-state index contributed by atoms with van der Waals surface area (Å²) in [7, 11) is -2.48. The first-order valence-corrected chi connectivity index (χ1v) is 8.98. The van der Waals surface area contributed by atoms with Crippen molar-refractivity contribution in [3.05, 3.63) is 41.2 Å². The van der Waals surface area contributed by atoms with Crippen molar-refractivity contribution in [2.45, 2.75) is 20.8 Å². The van der Waals surface area contributed by atoms with Gasteiger partial charge in [-0.3, -0.25) is 4.57 Å². The molecule has 0 bridgehead atoms. The van der Waals surface area contributed by atoms with E-state index in [1.807, 2.05) is 6.07 Å². The second kappa shape index (κ2) is 9.50. The highest BCUT2D eigenvalue weighted by Gasteiger charge is 2.40. The topological polar surface area (TPSA) is 71.1 Å². The third-order valence-electron chi connectivity index (χ3n) is 2.80. The third kappa shape index (κ3) is 4.93. The SMILES string of the molecule is CCOC(=O)/C(=C(\OC)c1ccccc1)P(=O)(OCC)OCC. The zero-order chi connectivity index (χ0) is 17.3. The zero-order valence-corrected chi connectivity index (χ0v) is 14.8. The molecule has 0 amide bonds. The summed E-state index contributed by atoms with van der Waals surface area (Å²) in [6.07, 6.45) is 0. The molecular weight excluding hydrogens is 319 g/mol. The zero-order valence-electron chi connectivity index (χ0n) is 13.9. The average Bonchev–Trinajstić information content (AvgIpc) is 2.53. The van der Waals surface area contributed by atoms with E-state index < -0.39 is 13.6 Å². The van der Waals surface area contributed by atoms with Gasteiger partial charge in [0.1, 0.15) is 5.76 Å². The lowest BCUT2D eigenvalue weighted by Gasteiger charge is -2.21. The van der Waals surface area contributed by atoms with Crippen LogP contribution in [0.1, 0.15) is 26.3 Å². The largest absolute Gasteiger partial charge is 0.495 e. The second-order valence-electron chi connectivity index (χ2n) is 4.30. The Hall–Kier alpha value is -1.62. The van der Waals surface area contributed by atoms with Crippen LogP contribution in [0.2, 0.25) is 0 Å². The number of esters is 1. The summed E-state index contributed by atoms with van der Waals surface area (Å²) in [5, 5.41) is -0.225. The molecule has 0 aliphatic rings. The van der Waals surface area contributed by atoms with Crippen molar-refractivity contribution < 1.29 is 27.9 Å². The van der Waals surface area contributed by atoms with Gasteiger partial charge in [-0.15, -0.1) is 0 Å². The maximum atomic E-state index is 13.1. The molecule has 0 atom stereocenters. The molecule has 1 aromatic rings. The van der Waals surface area contributed by atoms with E-state index in [0.717, 1.165) is 0 Å². The minimum atomic E-state index is -3.87. The van der Waals surface area contributed by atoms with E-state index in [1.165, 1.54) is 7.11 Å². The summed E-state index contributed by atoms with van der Waals surface area (Å²) >= 11 is 0. The van der Waals surface area contributed by atoms with Gasteiger partial charge in [0.05, 0.1) is 26.9 Å². The highest BCUT2D eigenvalue weighted by molar-refractivity contribution is 7.60. The monoisotopic (exact) mass is 342 g/mol. The van der Waals surface area contributed by atoms with Crippen molar-refractivity contribution in [2.24, 2.45) is 0 Å². The Labute approximate surface area is 136 Å². The fourth-order valence-electron chi connectivity index (χ4n) is 1.98. The first kappa shape index (κ1) is 19.4. The molecule has 0 aliphatic heterocycles. The van der Waals surface area contributed by atoms with E-state index in [4.69, 9.17) is 18.5 Å². The summed E-state index contributed by atoms with van der Waals surface area (Å²) in [5.74, 6) is -0.660. The molecule has 0 aromatic heterocycles. The van der Waals surface area contributed by atoms with Crippen LogP contribution >= 0.6 is 7.60 Å². The highest BCUT2D eigenvalue weighted by Crippen LogP contribution is 2.58. The molecule has 0 unspecified atom stereocenters. The fourth-order valence-corrected chi connectivity index (χ4v) is 3.75. The van der Waals surface area contributed by atoms with Crippen molar-refractivity contribution in [3.63, 3.8) is 0 Å². The van der Waals surface area contributed by atoms with Crippen molar-refractivity contribution >= 4 is 19.3 Å². The lowest BCUT2D eigenvalue weighted by atomic mass is 10.2. The van der Waals surface area contributed by atoms with Gasteiger partial charge < -0.3 is 18.5 Å². The number of methoxy groups -OCH3 is 1. The van der Waals surface area contributed by atoms with Crippen LogP contribution in [0.5, 0.6) is 0 Å². The van der Waals surface area contributed by atoms with Crippen LogP contribution in [0.3, 0.4) is 0 Å². The molecule has 128 valence electrons. The molecule has 0 fully saturated rings. The molecule has 23 heavy (non-hydrogen) atoms. The maximum absolute atomic E-state index is 13.1. The van der Waals surface area contributed by atoms with Gasteiger partial charge in [-0.25, -0.2) is 4.79 Å². The minimum Gasteiger partial charge on any atom is -0.495 e. The number of rotatable bonds is 9. The van der Waals surface area contributed by atoms with E-state index in [1.54, 1.807) is 45.0 Å². The lowest BCUT2D eigenvalue weighted by Crippen LogP contribution is -2.14. The summed E-state index contributed by atoms with van der Waals surface area (Å²) in [4.78, 5) is 12.4. The van der Waals surface area contributed by atoms with Crippen LogP contribution in [-0.4, -0.2) is 32.9 Å². The van der Waals surface area contributed by atoms with Gasteiger partial charge in [-0.1, -0.05) is 30.3 Å². The summed E-state index contributed by atoms with van der Waals surface area (Å²) in [5.41, 5.74) is 0.581. The van der Waals surface area contributed by atoms with Gasteiger partial charge >= 0.3 is 13.6 Å². The van der Waals surface area contributed by atoms with Crippen LogP contribution in [0.15, 0.2) is 35.6 Å². The van der Waals surface area contributed by atoms with E-state index in [9.17, 15) is 9.36 Å². The van der Waals surface area contributed by atoms with Gasteiger partial charge in [-0.2, -0.15) is 0 Å². The number of carbonyl (C=O) groups is 1. The predicted molar refractivity (Wildman–Crippen MR) is 87.9 cm³/mol. The lowest BCUT2D eigenvalue weighted by molar-refractivity contribution is -0.137. The van der Waals surface area contributed by atoms with Crippen molar-refractivity contribution in [3.8, 4) is 0 Å². The maximum Gasteiger partial charge on any atom is 0.372 e. The summed E-state index contributed by atoms with van der Waals surface area (Å²) < 4.78 is 34.1. The fraction of sp³-hybridized carbons (Fsp3) is 0.438. The number of ether oxygens (including phenoxy) is 2. The summed E-state index contributed by atoms with van der Waals surface area (Å²) in [6, 6.07) is 8.86. The second-order valence-corrected chi connectivity index (χ2v) is 6.26. The van der Waals surface area contributed by atoms with Gasteiger partial charge in [0.25, 0.3) is 0 Å². The molecular formula is C16H23O6P. The average molecular weight is 342 g/mol. The number of hydrogen-bond acceptors (Lipinski definition) is 6. The normalized spacial score (nSPS) is 12.5. The smallest absolute Gasteiger partial charge is 0.372 e. The van der Waals surface area contributed by atoms with E-state index in [2.05, 4.69) is 0 Å². The quantitative estimate of drug-likeness (QED) is 0.294. The third-order valence-corrected chi connectivity index (χ3v) is 4.93. The Bertz CT molecular complexity index is 571. The van der Waals surface area contributed by atoms with Crippen LogP contribution in [0.4, 0.5) is 0 Å². The minimum absolute atomic E-state index is 0.117. The first-order valence-electron chi connectivity index (χ1n) is 7.44. The number of benzene rings is 1. The molecule has 0 saturated carbocycles. The molecule has 0 radical (unpaired) electrons. The van der Waals surface area contributed by atoms with Gasteiger partial charge in [0.2, 0.25) is 0 Å². The van der Waals surface area contributed by atoms with E-state index in [-0.39, 0.29) is 30.9 Å². The number of hydrogen-bond donors (Lipinski definition) is 0. The summed E-state index contributed by atoms with van der Waals surface area (Å²) in [6.45, 7) is 5.37. The van der Waals surface area contributed by atoms with Gasteiger partial charge in [-0.05, 0) is 20.8 Å².